The molecule has 3 atom stereocenters. The van der Waals surface area contributed by atoms with Crippen molar-refractivity contribution in [2.45, 2.75) is 24.3 Å². The number of hydrogen-bond acceptors (Lipinski definition) is 4. The minimum absolute atomic E-state index is 0.0920. The van der Waals surface area contributed by atoms with Crippen LogP contribution in [0.25, 0.3) is 0 Å². The van der Waals surface area contributed by atoms with Crippen molar-refractivity contribution in [1.82, 2.24) is 11.0 Å². The topological polar surface area (TPSA) is 42.5 Å². The molecule has 2 N–H and O–H groups in total. The second kappa shape index (κ2) is 5.10. The first kappa shape index (κ1) is 13.8. The highest BCUT2D eigenvalue weighted by molar-refractivity contribution is 5.26. The molecule has 1 spiro atoms. The third-order valence-electron chi connectivity index (χ3n) is 4.13. The third kappa shape index (κ3) is 2.21. The fraction of sp³-hybridized carbons (Fsp3) is 0.250. The quantitative estimate of drug-likeness (QED) is 0.895. The molecule has 114 valence electrons. The van der Waals surface area contributed by atoms with Crippen molar-refractivity contribution < 1.29 is 18.5 Å². The van der Waals surface area contributed by atoms with Crippen LogP contribution in [0.1, 0.15) is 29.6 Å². The van der Waals surface area contributed by atoms with Crippen LogP contribution in [0.2, 0.25) is 0 Å². The highest BCUT2D eigenvalue weighted by Gasteiger charge is 2.56. The number of hydroxylamine groups is 2. The predicted octanol–water partition coefficient (Wildman–Crippen LogP) is 2.90. The predicted molar refractivity (Wildman–Crippen MR) is 74.1 cm³/mol. The Balaban J connectivity index is 1.53. The lowest BCUT2D eigenvalue weighted by atomic mass is 9.90. The molecular formula is C16H14F2N2O2. The van der Waals surface area contributed by atoms with Gasteiger partial charge in [0.1, 0.15) is 17.7 Å². The van der Waals surface area contributed by atoms with E-state index < -0.39 is 5.79 Å². The van der Waals surface area contributed by atoms with Gasteiger partial charge in [0.15, 0.2) is 0 Å². The van der Waals surface area contributed by atoms with E-state index in [0.29, 0.717) is 6.42 Å². The second-order valence-corrected chi connectivity index (χ2v) is 5.54. The van der Waals surface area contributed by atoms with Gasteiger partial charge in [-0.2, -0.15) is 11.0 Å². The molecule has 2 aliphatic heterocycles. The molecule has 2 aliphatic rings. The third-order valence-corrected chi connectivity index (χ3v) is 4.13. The average molecular weight is 304 g/mol. The van der Waals surface area contributed by atoms with Crippen LogP contribution in [-0.4, -0.2) is 5.79 Å². The summed E-state index contributed by atoms with van der Waals surface area (Å²) in [6.45, 7) is 0. The van der Waals surface area contributed by atoms with Gasteiger partial charge in [-0.15, -0.1) is 0 Å². The van der Waals surface area contributed by atoms with Crippen LogP contribution in [0.15, 0.2) is 48.5 Å². The highest BCUT2D eigenvalue weighted by atomic mass is 19.1. The first-order valence-corrected chi connectivity index (χ1v) is 7.04. The lowest BCUT2D eigenvalue weighted by Crippen LogP contribution is -2.59. The molecule has 0 amide bonds. The largest absolute Gasteiger partial charge is 0.262 e. The molecule has 0 radical (unpaired) electrons. The van der Waals surface area contributed by atoms with Crippen molar-refractivity contribution in [1.29, 1.82) is 0 Å². The summed E-state index contributed by atoms with van der Waals surface area (Å²) in [5.41, 5.74) is 7.59. The molecule has 0 aromatic heterocycles. The van der Waals surface area contributed by atoms with Gasteiger partial charge in [-0.3, -0.25) is 9.68 Å². The fourth-order valence-electron chi connectivity index (χ4n) is 2.89. The van der Waals surface area contributed by atoms with Gasteiger partial charge in [0.05, 0.1) is 6.04 Å². The summed E-state index contributed by atoms with van der Waals surface area (Å²) in [6, 6.07) is 12.2. The molecule has 4 nitrogen and oxygen atoms in total. The molecule has 4 rings (SSSR count). The number of benzene rings is 2. The monoisotopic (exact) mass is 304 g/mol. The van der Waals surface area contributed by atoms with Crippen molar-refractivity contribution in [3.05, 3.63) is 71.3 Å². The molecular weight excluding hydrogens is 290 g/mol. The average Bonchev–Trinajstić information content (AvgIpc) is 2.97. The molecule has 3 unspecified atom stereocenters. The van der Waals surface area contributed by atoms with E-state index >= 15 is 0 Å². The summed E-state index contributed by atoms with van der Waals surface area (Å²) < 4.78 is 26.0. The molecule has 0 saturated carbocycles. The Morgan fingerprint density at radius 1 is 0.818 bits per heavy atom. The van der Waals surface area contributed by atoms with Crippen molar-refractivity contribution in [3.8, 4) is 0 Å². The van der Waals surface area contributed by atoms with Crippen LogP contribution in [0.5, 0.6) is 0 Å². The molecule has 2 saturated heterocycles. The van der Waals surface area contributed by atoms with Crippen molar-refractivity contribution >= 4 is 0 Å². The van der Waals surface area contributed by atoms with E-state index in [2.05, 4.69) is 11.0 Å². The molecule has 22 heavy (non-hydrogen) atoms. The summed E-state index contributed by atoms with van der Waals surface area (Å²) in [5, 5.41) is 0. The summed E-state index contributed by atoms with van der Waals surface area (Å²) >= 11 is 0. The van der Waals surface area contributed by atoms with Crippen molar-refractivity contribution in [3.63, 3.8) is 0 Å². The summed E-state index contributed by atoms with van der Waals surface area (Å²) in [7, 11) is 0. The maximum atomic E-state index is 13.0. The Labute approximate surface area is 126 Å². The van der Waals surface area contributed by atoms with E-state index in [1.165, 1.54) is 24.3 Å². The molecule has 6 heteroatoms. The van der Waals surface area contributed by atoms with Gasteiger partial charge in [0.2, 0.25) is 5.79 Å². The zero-order valence-corrected chi connectivity index (χ0v) is 11.6. The first-order valence-electron chi connectivity index (χ1n) is 7.04. The van der Waals surface area contributed by atoms with Gasteiger partial charge in [-0.25, -0.2) is 8.78 Å². The summed E-state index contributed by atoms with van der Waals surface area (Å²) in [4.78, 5) is 11.1. The van der Waals surface area contributed by atoms with E-state index in [-0.39, 0.29) is 23.7 Å². The maximum Gasteiger partial charge on any atom is 0.229 e. The lowest BCUT2D eigenvalue weighted by molar-refractivity contribution is -0.372. The Bertz CT molecular complexity index is 678. The Morgan fingerprint density at radius 2 is 1.36 bits per heavy atom. The minimum Gasteiger partial charge on any atom is -0.262 e. The van der Waals surface area contributed by atoms with Gasteiger partial charge < -0.3 is 0 Å². The molecule has 2 aromatic carbocycles. The molecule has 0 bridgehead atoms. The van der Waals surface area contributed by atoms with Gasteiger partial charge >= 0.3 is 0 Å². The van der Waals surface area contributed by atoms with Gasteiger partial charge in [-0.05, 0) is 35.4 Å². The SMILES string of the molecule is Fc1ccc(C2CC3(ON2)ONC3c2ccc(F)cc2)cc1. The number of nitrogens with one attached hydrogen (secondary N) is 2. The normalized spacial score (nSPS) is 30.5. The van der Waals surface area contributed by atoms with Crippen molar-refractivity contribution in [2.24, 2.45) is 0 Å². The molecule has 0 aliphatic carbocycles. The molecule has 2 aromatic rings. The number of halogens is 2. The van der Waals surface area contributed by atoms with Crippen LogP contribution < -0.4 is 11.0 Å². The fourth-order valence-corrected chi connectivity index (χ4v) is 2.89. The van der Waals surface area contributed by atoms with E-state index in [4.69, 9.17) is 9.68 Å². The lowest BCUT2D eigenvalue weighted by Gasteiger charge is -2.44. The second-order valence-electron chi connectivity index (χ2n) is 5.54. The molecule has 2 fully saturated rings. The Hall–Kier alpha value is -1.86. The van der Waals surface area contributed by atoms with Gasteiger partial charge in [-0.1, -0.05) is 24.3 Å². The van der Waals surface area contributed by atoms with E-state index in [1.807, 2.05) is 0 Å². The Kier molecular flexibility index (Phi) is 3.19. The van der Waals surface area contributed by atoms with E-state index in [0.717, 1.165) is 11.1 Å². The minimum atomic E-state index is -0.836. The zero-order valence-electron chi connectivity index (χ0n) is 11.6. The smallest absolute Gasteiger partial charge is 0.229 e. The first-order chi connectivity index (χ1) is 10.7. The van der Waals surface area contributed by atoms with Crippen molar-refractivity contribution in [2.75, 3.05) is 0 Å². The summed E-state index contributed by atoms with van der Waals surface area (Å²) in [5.74, 6) is -1.40. The summed E-state index contributed by atoms with van der Waals surface area (Å²) in [6.07, 6.45) is 0.563. The van der Waals surface area contributed by atoms with E-state index in [9.17, 15) is 8.78 Å². The van der Waals surface area contributed by atoms with Gasteiger partial charge in [0.25, 0.3) is 0 Å². The van der Waals surface area contributed by atoms with Crippen LogP contribution in [-0.2, 0) is 9.68 Å². The van der Waals surface area contributed by atoms with Crippen LogP contribution in [0.3, 0.4) is 0 Å². The van der Waals surface area contributed by atoms with Gasteiger partial charge in [0, 0.05) is 6.42 Å². The highest BCUT2D eigenvalue weighted by Crippen LogP contribution is 2.47. The van der Waals surface area contributed by atoms with Crippen LogP contribution in [0, 0.1) is 11.6 Å². The Morgan fingerprint density at radius 3 is 1.91 bits per heavy atom. The van der Waals surface area contributed by atoms with Crippen LogP contribution >= 0.6 is 0 Å². The standard InChI is InChI=1S/C16H14F2N2O2/c17-12-5-1-10(2-6-12)14-9-16(21-19-14)15(20-22-16)11-3-7-13(18)8-4-11/h1-8,14-15,19-20H,9H2. The number of hydrogen-bond donors (Lipinski definition) is 2. The maximum absolute atomic E-state index is 13.0. The zero-order chi connectivity index (χ0) is 15.2. The van der Waals surface area contributed by atoms with E-state index in [1.54, 1.807) is 24.3 Å². The van der Waals surface area contributed by atoms with Crippen LogP contribution in [0.4, 0.5) is 8.78 Å². The number of rotatable bonds is 2. The molecule has 2 heterocycles.